The molecule has 2 heterocycles. The predicted molar refractivity (Wildman–Crippen MR) is 97.9 cm³/mol. The average molecular weight is 337 g/mol. The molecule has 0 aliphatic carbocycles. The second-order valence-electron chi connectivity index (χ2n) is 5.29. The zero-order valence-corrected chi connectivity index (χ0v) is 14.5. The van der Waals surface area contributed by atoms with E-state index in [1.54, 1.807) is 24.2 Å². The lowest BCUT2D eigenvalue weighted by molar-refractivity contribution is 0.862. The van der Waals surface area contributed by atoms with Crippen molar-refractivity contribution in [3.63, 3.8) is 0 Å². The van der Waals surface area contributed by atoms with E-state index in [0.717, 1.165) is 27.7 Å². The zero-order valence-electron chi connectivity index (χ0n) is 13.7. The van der Waals surface area contributed by atoms with Crippen LogP contribution in [0.25, 0.3) is 11.1 Å². The molecule has 0 saturated heterocycles. The van der Waals surface area contributed by atoms with Gasteiger partial charge in [0.15, 0.2) is 0 Å². The number of benzene rings is 1. The monoisotopic (exact) mass is 337 g/mol. The average Bonchev–Trinajstić information content (AvgIpc) is 2.63. The highest BCUT2D eigenvalue weighted by molar-refractivity contribution is 7.99. The fourth-order valence-electron chi connectivity index (χ4n) is 2.35. The molecule has 0 unspecified atom stereocenters. The summed E-state index contributed by atoms with van der Waals surface area (Å²) < 4.78 is 0. The Balaban J connectivity index is 1.71. The molecule has 0 aliphatic heterocycles. The molecular weight excluding hydrogens is 318 g/mol. The molecule has 0 saturated carbocycles. The largest absolute Gasteiger partial charge is 0.362 e. The molecule has 0 radical (unpaired) electrons. The van der Waals surface area contributed by atoms with Crippen molar-refractivity contribution in [1.82, 2.24) is 19.9 Å². The lowest BCUT2D eigenvalue weighted by Gasteiger charge is -2.15. The molecule has 1 atom stereocenters. The summed E-state index contributed by atoms with van der Waals surface area (Å²) in [5.74, 6) is 1.78. The van der Waals surface area contributed by atoms with Crippen molar-refractivity contribution in [3.8, 4) is 11.1 Å². The van der Waals surface area contributed by atoms with Gasteiger partial charge in [0.1, 0.15) is 17.2 Å². The van der Waals surface area contributed by atoms with Crippen molar-refractivity contribution in [2.75, 3.05) is 11.1 Å². The Kier molecular flexibility index (Phi) is 5.38. The second kappa shape index (κ2) is 7.88. The van der Waals surface area contributed by atoms with Gasteiger partial charge in [-0.25, -0.2) is 15.0 Å². The third kappa shape index (κ3) is 4.08. The van der Waals surface area contributed by atoms with E-state index in [1.165, 1.54) is 11.9 Å². The third-order valence-corrected chi connectivity index (χ3v) is 4.35. The first-order valence-electron chi connectivity index (χ1n) is 7.83. The summed E-state index contributed by atoms with van der Waals surface area (Å²) in [6, 6.07) is 8.53. The summed E-state index contributed by atoms with van der Waals surface area (Å²) in [6.07, 6.45) is 8.72. The highest BCUT2D eigenvalue weighted by atomic mass is 32.2. The fraction of sp³-hybridized carbons (Fsp3) is 0.222. The van der Waals surface area contributed by atoms with Crippen LogP contribution in [-0.2, 0) is 0 Å². The van der Waals surface area contributed by atoms with E-state index in [-0.39, 0.29) is 6.04 Å². The number of hydrogen-bond donors (Lipinski definition) is 1. The van der Waals surface area contributed by atoms with E-state index < -0.39 is 0 Å². The normalized spacial score (nSPS) is 11.9. The van der Waals surface area contributed by atoms with Crippen molar-refractivity contribution in [1.29, 1.82) is 0 Å². The maximum absolute atomic E-state index is 4.57. The SMILES string of the molecule is CCSc1cncc(N[C@H](C)c2ccc(-c3cncnc3)cc2)n1. The molecule has 6 heteroatoms. The van der Waals surface area contributed by atoms with Crippen molar-refractivity contribution >= 4 is 17.6 Å². The summed E-state index contributed by atoms with van der Waals surface area (Å²) in [4.78, 5) is 16.9. The van der Waals surface area contributed by atoms with Gasteiger partial charge in [-0.05, 0) is 23.8 Å². The lowest BCUT2D eigenvalue weighted by atomic mass is 10.0. The Bertz CT molecular complexity index is 777. The molecule has 0 amide bonds. The molecule has 0 spiro atoms. The van der Waals surface area contributed by atoms with Crippen LogP contribution in [0.15, 0.2) is 60.4 Å². The second-order valence-corrected chi connectivity index (χ2v) is 6.58. The number of thioether (sulfide) groups is 1. The van der Waals surface area contributed by atoms with Crippen molar-refractivity contribution in [2.45, 2.75) is 24.9 Å². The number of anilines is 1. The summed E-state index contributed by atoms with van der Waals surface area (Å²) in [7, 11) is 0. The van der Waals surface area contributed by atoms with E-state index >= 15 is 0 Å². The van der Waals surface area contributed by atoms with E-state index in [9.17, 15) is 0 Å². The Morgan fingerprint density at radius 3 is 2.42 bits per heavy atom. The molecule has 1 aromatic carbocycles. The molecule has 2 aromatic heterocycles. The minimum atomic E-state index is 0.141. The van der Waals surface area contributed by atoms with Crippen molar-refractivity contribution in [2.24, 2.45) is 0 Å². The van der Waals surface area contributed by atoms with E-state index in [0.29, 0.717) is 0 Å². The number of aromatic nitrogens is 4. The Morgan fingerprint density at radius 1 is 0.958 bits per heavy atom. The molecular formula is C18H19N5S. The van der Waals surface area contributed by atoms with Crippen LogP contribution in [0.2, 0.25) is 0 Å². The third-order valence-electron chi connectivity index (χ3n) is 3.57. The lowest BCUT2D eigenvalue weighted by Crippen LogP contribution is -2.08. The highest BCUT2D eigenvalue weighted by Crippen LogP contribution is 2.23. The summed E-state index contributed by atoms with van der Waals surface area (Å²) in [6.45, 7) is 4.22. The predicted octanol–water partition coefficient (Wildman–Crippen LogP) is 4.22. The summed E-state index contributed by atoms with van der Waals surface area (Å²) in [5.41, 5.74) is 3.30. The van der Waals surface area contributed by atoms with Crippen LogP contribution in [-0.4, -0.2) is 25.7 Å². The van der Waals surface area contributed by atoms with Crippen LogP contribution in [0.5, 0.6) is 0 Å². The van der Waals surface area contributed by atoms with Gasteiger partial charge < -0.3 is 5.32 Å². The zero-order chi connectivity index (χ0) is 16.8. The van der Waals surface area contributed by atoms with Gasteiger partial charge in [0.2, 0.25) is 0 Å². The maximum Gasteiger partial charge on any atom is 0.146 e. The van der Waals surface area contributed by atoms with Crippen LogP contribution < -0.4 is 5.32 Å². The highest BCUT2D eigenvalue weighted by Gasteiger charge is 2.08. The molecule has 5 nitrogen and oxygen atoms in total. The Morgan fingerprint density at radius 2 is 1.71 bits per heavy atom. The summed E-state index contributed by atoms with van der Waals surface area (Å²) >= 11 is 1.69. The van der Waals surface area contributed by atoms with Crippen molar-refractivity contribution in [3.05, 3.63) is 60.9 Å². The van der Waals surface area contributed by atoms with Crippen LogP contribution in [0, 0.1) is 0 Å². The van der Waals surface area contributed by atoms with Gasteiger partial charge in [-0.2, -0.15) is 0 Å². The fourth-order valence-corrected chi connectivity index (χ4v) is 2.95. The number of nitrogens with zero attached hydrogens (tertiary/aromatic N) is 4. The molecule has 3 rings (SSSR count). The maximum atomic E-state index is 4.57. The van der Waals surface area contributed by atoms with Gasteiger partial charge in [0, 0.05) is 24.0 Å². The van der Waals surface area contributed by atoms with Gasteiger partial charge in [-0.3, -0.25) is 4.98 Å². The Hall–Kier alpha value is -2.47. The first kappa shape index (κ1) is 16.4. The number of rotatable bonds is 6. The first-order valence-corrected chi connectivity index (χ1v) is 8.81. The number of hydrogen-bond acceptors (Lipinski definition) is 6. The standard InChI is InChI=1S/C18H19N5S/c1-3-24-18-11-19-10-17(23-18)22-13(2)14-4-6-15(7-5-14)16-8-20-12-21-9-16/h4-13H,3H2,1-2H3,(H,22,23)/t13-/m1/s1. The molecule has 3 aromatic rings. The smallest absolute Gasteiger partial charge is 0.146 e. The molecule has 1 N–H and O–H groups in total. The van der Waals surface area contributed by atoms with Crippen LogP contribution >= 0.6 is 11.8 Å². The van der Waals surface area contributed by atoms with Gasteiger partial charge in [0.25, 0.3) is 0 Å². The van der Waals surface area contributed by atoms with E-state index in [2.05, 4.69) is 63.4 Å². The number of nitrogens with one attached hydrogen (secondary N) is 1. The van der Waals surface area contributed by atoms with Gasteiger partial charge in [0.05, 0.1) is 12.4 Å². The van der Waals surface area contributed by atoms with Gasteiger partial charge in [-0.1, -0.05) is 31.2 Å². The molecule has 0 aliphatic rings. The van der Waals surface area contributed by atoms with Crippen LogP contribution in [0.4, 0.5) is 5.82 Å². The molecule has 0 bridgehead atoms. The van der Waals surface area contributed by atoms with Crippen LogP contribution in [0.1, 0.15) is 25.5 Å². The van der Waals surface area contributed by atoms with E-state index in [1.807, 2.05) is 12.4 Å². The summed E-state index contributed by atoms with van der Waals surface area (Å²) in [5, 5.41) is 4.34. The minimum Gasteiger partial charge on any atom is -0.362 e. The van der Waals surface area contributed by atoms with Crippen LogP contribution in [0.3, 0.4) is 0 Å². The Labute approximate surface area is 146 Å². The molecule has 0 fully saturated rings. The van der Waals surface area contributed by atoms with E-state index in [4.69, 9.17) is 0 Å². The quantitative estimate of drug-likeness (QED) is 0.680. The van der Waals surface area contributed by atoms with Crippen molar-refractivity contribution < 1.29 is 0 Å². The first-order chi connectivity index (χ1) is 11.8. The molecule has 122 valence electrons. The molecule has 24 heavy (non-hydrogen) atoms. The van der Waals surface area contributed by atoms with Gasteiger partial charge >= 0.3 is 0 Å². The topological polar surface area (TPSA) is 63.6 Å². The minimum absolute atomic E-state index is 0.141. The van der Waals surface area contributed by atoms with Gasteiger partial charge in [-0.15, -0.1) is 11.8 Å².